The van der Waals surface area contributed by atoms with Gasteiger partial charge in [-0.25, -0.2) is 0 Å². The summed E-state index contributed by atoms with van der Waals surface area (Å²) in [6.07, 6.45) is 3.24. The zero-order valence-corrected chi connectivity index (χ0v) is 12.0. The van der Waals surface area contributed by atoms with Crippen LogP contribution < -0.4 is 11.0 Å². The summed E-state index contributed by atoms with van der Waals surface area (Å²) in [6, 6.07) is 6.88. The summed E-state index contributed by atoms with van der Waals surface area (Å²) in [7, 11) is 0.731. The van der Waals surface area contributed by atoms with Crippen molar-refractivity contribution in [2.24, 2.45) is 5.73 Å². The first-order chi connectivity index (χ1) is 8.19. The lowest BCUT2D eigenvalue weighted by Gasteiger charge is -2.29. The molecule has 1 atom stereocenters. The van der Waals surface area contributed by atoms with Crippen LogP contribution in [0.2, 0.25) is 5.02 Å². The number of hydrogen-bond acceptors (Lipinski definition) is 2. The fourth-order valence-corrected chi connectivity index (χ4v) is 3.72. The Bertz CT molecular complexity index is 376. The second-order valence-corrected chi connectivity index (χ2v) is 6.44. The molecule has 94 valence electrons. The molecule has 1 fully saturated rings. The quantitative estimate of drug-likeness (QED) is 0.856. The number of nitrogens with zero attached hydrogens (tertiary/aromatic N) is 1. The predicted molar refractivity (Wildman–Crippen MR) is 77.6 cm³/mol. The van der Waals surface area contributed by atoms with Crippen LogP contribution in [0.3, 0.4) is 0 Å². The zero-order valence-electron chi connectivity index (χ0n) is 10.2. The van der Waals surface area contributed by atoms with E-state index in [2.05, 4.69) is 29.8 Å². The Hall–Kier alpha value is -0.140. The molecular weight excluding hydrogens is 251 g/mol. The molecule has 0 amide bonds. The van der Waals surface area contributed by atoms with Gasteiger partial charge in [0, 0.05) is 24.2 Å². The van der Waals surface area contributed by atoms with Crippen LogP contribution in [0.25, 0.3) is 0 Å². The first-order valence-corrected chi connectivity index (χ1v) is 7.57. The molecule has 0 bridgehead atoms. The SMILES string of the molecule is CCc1ccc(PN2CCC(N)CC2)cc1Cl. The maximum absolute atomic E-state index is 6.24. The minimum Gasteiger partial charge on any atom is -0.328 e. The van der Waals surface area contributed by atoms with Gasteiger partial charge in [0.05, 0.1) is 0 Å². The van der Waals surface area contributed by atoms with Crippen molar-refractivity contribution in [2.75, 3.05) is 13.1 Å². The number of piperidine rings is 1. The Kier molecular flexibility index (Phi) is 4.81. The van der Waals surface area contributed by atoms with E-state index in [-0.39, 0.29) is 0 Å². The van der Waals surface area contributed by atoms with Crippen molar-refractivity contribution in [3.8, 4) is 0 Å². The summed E-state index contributed by atoms with van der Waals surface area (Å²) >= 11 is 6.24. The minimum atomic E-state index is 0.405. The van der Waals surface area contributed by atoms with E-state index in [0.29, 0.717) is 6.04 Å². The third-order valence-electron chi connectivity index (χ3n) is 3.26. The Morgan fingerprint density at radius 1 is 1.41 bits per heavy atom. The largest absolute Gasteiger partial charge is 0.328 e. The summed E-state index contributed by atoms with van der Waals surface area (Å²) in [6.45, 7) is 4.37. The Balaban J connectivity index is 1.97. The van der Waals surface area contributed by atoms with E-state index in [1.54, 1.807) is 0 Å². The molecule has 2 rings (SSSR count). The van der Waals surface area contributed by atoms with Gasteiger partial charge in [-0.15, -0.1) is 0 Å². The van der Waals surface area contributed by atoms with Crippen LogP contribution in [-0.2, 0) is 6.42 Å². The molecule has 1 saturated heterocycles. The van der Waals surface area contributed by atoms with Crippen LogP contribution in [0.15, 0.2) is 18.2 Å². The van der Waals surface area contributed by atoms with Gasteiger partial charge in [0.25, 0.3) is 0 Å². The van der Waals surface area contributed by atoms with Crippen molar-refractivity contribution < 1.29 is 0 Å². The number of rotatable bonds is 3. The fourth-order valence-electron chi connectivity index (χ4n) is 2.10. The molecule has 1 aromatic rings. The van der Waals surface area contributed by atoms with Gasteiger partial charge in [-0.05, 0) is 44.9 Å². The Morgan fingerprint density at radius 2 is 2.12 bits per heavy atom. The number of benzene rings is 1. The van der Waals surface area contributed by atoms with Gasteiger partial charge in [0.1, 0.15) is 0 Å². The predicted octanol–water partition coefficient (Wildman–Crippen LogP) is 2.54. The van der Waals surface area contributed by atoms with Gasteiger partial charge in [-0.3, -0.25) is 4.67 Å². The first-order valence-electron chi connectivity index (χ1n) is 6.24. The normalized spacial score (nSPS) is 19.2. The number of hydrogen-bond donors (Lipinski definition) is 1. The second-order valence-electron chi connectivity index (χ2n) is 4.60. The maximum Gasteiger partial charge on any atom is 0.0444 e. The number of aryl methyl sites for hydroxylation is 1. The zero-order chi connectivity index (χ0) is 12.3. The average molecular weight is 271 g/mol. The van der Waals surface area contributed by atoms with Crippen LogP contribution in [0.4, 0.5) is 0 Å². The summed E-state index contributed by atoms with van der Waals surface area (Å²) in [4.78, 5) is 0. The molecule has 1 aliphatic heterocycles. The molecule has 4 heteroatoms. The second kappa shape index (κ2) is 6.15. The van der Waals surface area contributed by atoms with Crippen molar-refractivity contribution in [3.05, 3.63) is 28.8 Å². The highest BCUT2D eigenvalue weighted by Gasteiger charge is 2.16. The van der Waals surface area contributed by atoms with Gasteiger partial charge in [-0.2, -0.15) is 0 Å². The van der Waals surface area contributed by atoms with E-state index in [0.717, 1.165) is 46.1 Å². The Morgan fingerprint density at radius 3 is 2.71 bits per heavy atom. The topological polar surface area (TPSA) is 29.3 Å². The van der Waals surface area contributed by atoms with Crippen LogP contribution in [-0.4, -0.2) is 23.8 Å². The summed E-state index contributed by atoms with van der Waals surface area (Å²) < 4.78 is 2.49. The van der Waals surface area contributed by atoms with E-state index in [1.165, 1.54) is 10.9 Å². The van der Waals surface area contributed by atoms with Crippen LogP contribution in [0.5, 0.6) is 0 Å². The summed E-state index contributed by atoms with van der Waals surface area (Å²) in [5.41, 5.74) is 7.14. The average Bonchev–Trinajstić information content (AvgIpc) is 2.32. The van der Waals surface area contributed by atoms with Crippen LogP contribution in [0, 0.1) is 0 Å². The third-order valence-corrected chi connectivity index (χ3v) is 4.95. The number of nitrogens with two attached hydrogens (primary N) is 1. The molecule has 0 aliphatic carbocycles. The molecule has 1 unspecified atom stereocenters. The molecule has 0 aromatic heterocycles. The molecule has 0 spiro atoms. The van der Waals surface area contributed by atoms with Crippen LogP contribution >= 0.6 is 20.3 Å². The first kappa shape index (κ1) is 13.3. The molecule has 1 heterocycles. The van der Waals surface area contributed by atoms with Gasteiger partial charge in [0.2, 0.25) is 0 Å². The number of halogens is 1. The highest BCUT2D eigenvalue weighted by atomic mass is 35.5. The molecule has 17 heavy (non-hydrogen) atoms. The lowest BCUT2D eigenvalue weighted by atomic mass is 10.1. The van der Waals surface area contributed by atoms with Crippen molar-refractivity contribution >= 4 is 25.6 Å². The Labute approximate surface area is 110 Å². The monoisotopic (exact) mass is 270 g/mol. The lowest BCUT2D eigenvalue weighted by molar-refractivity contribution is 0.343. The summed E-state index contributed by atoms with van der Waals surface area (Å²) in [5, 5.41) is 2.24. The molecule has 0 saturated carbocycles. The van der Waals surface area contributed by atoms with E-state index in [1.807, 2.05) is 0 Å². The standard InChI is InChI=1S/C13H20ClN2P/c1-2-10-3-4-12(9-13(10)14)17-16-7-5-11(15)6-8-16/h3-4,9,11,17H,2,5-8,15H2,1H3. The lowest BCUT2D eigenvalue weighted by Crippen LogP contribution is -2.36. The van der Waals surface area contributed by atoms with Crippen molar-refractivity contribution in [1.29, 1.82) is 0 Å². The van der Waals surface area contributed by atoms with Crippen LogP contribution in [0.1, 0.15) is 25.3 Å². The molecule has 0 radical (unpaired) electrons. The molecule has 1 aliphatic rings. The van der Waals surface area contributed by atoms with Gasteiger partial charge >= 0.3 is 0 Å². The van der Waals surface area contributed by atoms with E-state index < -0.39 is 0 Å². The minimum absolute atomic E-state index is 0.405. The highest BCUT2D eigenvalue weighted by Crippen LogP contribution is 2.25. The van der Waals surface area contributed by atoms with E-state index >= 15 is 0 Å². The smallest absolute Gasteiger partial charge is 0.0444 e. The molecule has 2 N–H and O–H groups in total. The van der Waals surface area contributed by atoms with Gasteiger partial charge in [-0.1, -0.05) is 30.7 Å². The molecular formula is C13H20ClN2P. The molecule has 1 aromatic carbocycles. The van der Waals surface area contributed by atoms with Gasteiger partial charge in [0.15, 0.2) is 0 Å². The third kappa shape index (κ3) is 3.66. The summed E-state index contributed by atoms with van der Waals surface area (Å²) in [5.74, 6) is 0. The van der Waals surface area contributed by atoms with Crippen molar-refractivity contribution in [3.63, 3.8) is 0 Å². The van der Waals surface area contributed by atoms with E-state index in [9.17, 15) is 0 Å². The van der Waals surface area contributed by atoms with Crippen molar-refractivity contribution in [1.82, 2.24) is 4.67 Å². The van der Waals surface area contributed by atoms with Gasteiger partial charge < -0.3 is 5.73 Å². The van der Waals surface area contributed by atoms with Crippen molar-refractivity contribution in [2.45, 2.75) is 32.2 Å². The van der Waals surface area contributed by atoms with E-state index in [4.69, 9.17) is 17.3 Å². The maximum atomic E-state index is 6.24. The fraction of sp³-hybridized carbons (Fsp3) is 0.538. The highest BCUT2D eigenvalue weighted by molar-refractivity contribution is 7.44. The molecule has 2 nitrogen and oxygen atoms in total.